The van der Waals surface area contributed by atoms with E-state index in [-0.39, 0.29) is 17.7 Å². The third-order valence-electron chi connectivity index (χ3n) is 9.04. The Labute approximate surface area is 284 Å². The second-order valence-corrected chi connectivity index (χ2v) is 14.5. The van der Waals surface area contributed by atoms with E-state index in [1.54, 1.807) is 31.5 Å². The number of amides is 3. The lowest BCUT2D eigenvalue weighted by molar-refractivity contribution is -0.146. The Morgan fingerprint density at radius 2 is 1.68 bits per heavy atom. The number of nitrogens with two attached hydrogens (primary N) is 1. The van der Waals surface area contributed by atoms with Crippen molar-refractivity contribution in [3.8, 4) is 11.1 Å². The van der Waals surface area contributed by atoms with Gasteiger partial charge in [0.1, 0.15) is 12.1 Å². The highest BCUT2D eigenvalue weighted by Gasteiger charge is 2.35. The summed E-state index contributed by atoms with van der Waals surface area (Å²) in [5.41, 5.74) is 8.76. The molecule has 4 rings (SSSR count). The minimum Gasteiger partial charge on any atom is -0.354 e. The Morgan fingerprint density at radius 1 is 0.979 bits per heavy atom. The SMILES string of the molecule is CN1CCCC1CCNC(=O)C(Cc1cccs1)N(C)C(=O)C(Cc1ccc(-c2ccccc2)cc1)N(C)C(=O)/C=C/CC(C)(C)N. The number of hydrogen-bond donors (Lipinski definition) is 2. The number of benzene rings is 2. The quantitative estimate of drug-likeness (QED) is 0.221. The van der Waals surface area contributed by atoms with Gasteiger partial charge >= 0.3 is 0 Å². The molecule has 1 saturated heterocycles. The van der Waals surface area contributed by atoms with Crippen molar-refractivity contribution in [2.45, 2.75) is 76.0 Å². The van der Waals surface area contributed by atoms with Gasteiger partial charge in [0.05, 0.1) is 0 Å². The highest BCUT2D eigenvalue weighted by atomic mass is 32.1. The minimum atomic E-state index is -0.823. The average Bonchev–Trinajstić information content (AvgIpc) is 3.73. The van der Waals surface area contributed by atoms with Crippen LogP contribution in [0.3, 0.4) is 0 Å². The molecule has 3 atom stereocenters. The second kappa shape index (κ2) is 16.9. The van der Waals surface area contributed by atoms with E-state index < -0.39 is 17.6 Å². The van der Waals surface area contributed by atoms with E-state index >= 15 is 0 Å². The third-order valence-corrected chi connectivity index (χ3v) is 9.93. The molecule has 1 fully saturated rings. The fourth-order valence-electron chi connectivity index (χ4n) is 6.05. The topological polar surface area (TPSA) is 99.0 Å². The van der Waals surface area contributed by atoms with Gasteiger partial charge < -0.3 is 25.8 Å². The zero-order chi connectivity index (χ0) is 34.0. The average molecular weight is 658 g/mol. The molecule has 1 aromatic heterocycles. The van der Waals surface area contributed by atoms with Crippen LogP contribution in [-0.4, -0.2) is 90.3 Å². The molecule has 3 N–H and O–H groups in total. The van der Waals surface area contributed by atoms with Gasteiger partial charge in [0.25, 0.3) is 0 Å². The number of rotatable bonds is 15. The predicted octanol–water partition coefficient (Wildman–Crippen LogP) is 5.14. The molecule has 0 radical (unpaired) electrons. The molecule has 3 aromatic rings. The van der Waals surface area contributed by atoms with Gasteiger partial charge in [0, 0.05) is 49.9 Å². The van der Waals surface area contributed by atoms with Crippen molar-refractivity contribution in [1.29, 1.82) is 0 Å². The molecule has 252 valence electrons. The van der Waals surface area contributed by atoms with Crippen LogP contribution in [0.1, 0.15) is 50.0 Å². The summed E-state index contributed by atoms with van der Waals surface area (Å²) in [7, 11) is 5.47. The van der Waals surface area contributed by atoms with E-state index in [1.807, 2.05) is 73.8 Å². The Balaban J connectivity index is 1.56. The number of carbonyl (C=O) groups is 3. The van der Waals surface area contributed by atoms with Crippen LogP contribution in [0.5, 0.6) is 0 Å². The molecular weight excluding hydrogens is 607 g/mol. The highest BCUT2D eigenvalue weighted by Crippen LogP contribution is 2.22. The van der Waals surface area contributed by atoms with Crippen molar-refractivity contribution >= 4 is 29.1 Å². The monoisotopic (exact) mass is 657 g/mol. The zero-order valence-electron chi connectivity index (χ0n) is 28.5. The molecule has 0 saturated carbocycles. The van der Waals surface area contributed by atoms with Gasteiger partial charge in [-0.25, -0.2) is 0 Å². The summed E-state index contributed by atoms with van der Waals surface area (Å²) >= 11 is 1.57. The maximum absolute atomic E-state index is 14.4. The van der Waals surface area contributed by atoms with Crippen molar-refractivity contribution in [2.75, 3.05) is 34.2 Å². The Morgan fingerprint density at radius 3 is 2.30 bits per heavy atom. The van der Waals surface area contributed by atoms with Crippen LogP contribution in [0, 0.1) is 0 Å². The van der Waals surface area contributed by atoms with Crippen LogP contribution in [0.4, 0.5) is 0 Å². The van der Waals surface area contributed by atoms with Gasteiger partial charge in [0.2, 0.25) is 17.7 Å². The summed E-state index contributed by atoms with van der Waals surface area (Å²) in [5.74, 6) is -0.755. The van der Waals surface area contributed by atoms with Crippen LogP contribution in [0.15, 0.2) is 84.3 Å². The first-order chi connectivity index (χ1) is 22.4. The third kappa shape index (κ3) is 10.6. The normalized spacial score (nSPS) is 16.6. The summed E-state index contributed by atoms with van der Waals surface area (Å²) in [4.78, 5) is 48.0. The molecular formula is C38H51N5O3S. The molecule has 1 aliphatic rings. The van der Waals surface area contributed by atoms with E-state index in [4.69, 9.17) is 5.73 Å². The Hall–Kier alpha value is -3.79. The van der Waals surface area contributed by atoms with Gasteiger partial charge in [-0.1, -0.05) is 66.7 Å². The second-order valence-electron chi connectivity index (χ2n) is 13.4. The van der Waals surface area contributed by atoms with Crippen molar-refractivity contribution < 1.29 is 14.4 Å². The molecule has 8 nitrogen and oxygen atoms in total. The molecule has 9 heteroatoms. The standard InChI is InChI=1S/C38H51N5O3S/c1-38(2,39)22-9-16-35(44)42(4)34(26-28-17-19-30(20-18-28)29-12-7-6-8-13-29)37(46)43(5)33(27-32-15-11-25-47-32)36(45)40-23-21-31-14-10-24-41(31)3/h6-9,11-13,15-20,25,31,33-34H,10,14,21-24,26-27,39H2,1-5H3,(H,40,45)/b16-9+. The van der Waals surface area contributed by atoms with Crippen molar-refractivity contribution in [1.82, 2.24) is 20.0 Å². The molecule has 3 unspecified atom stereocenters. The first-order valence-corrected chi connectivity index (χ1v) is 17.4. The van der Waals surface area contributed by atoms with Crippen LogP contribution in [0.2, 0.25) is 0 Å². The fourth-order valence-corrected chi connectivity index (χ4v) is 6.79. The largest absolute Gasteiger partial charge is 0.354 e. The fraction of sp³-hybridized carbons (Fsp3) is 0.447. The van der Waals surface area contributed by atoms with Crippen LogP contribution in [0.25, 0.3) is 11.1 Å². The summed E-state index contributed by atoms with van der Waals surface area (Å²) in [6.07, 6.45) is 7.65. The minimum absolute atomic E-state index is 0.181. The van der Waals surface area contributed by atoms with Crippen LogP contribution in [-0.2, 0) is 27.2 Å². The lowest BCUT2D eigenvalue weighted by Crippen LogP contribution is -2.56. The van der Waals surface area contributed by atoms with Gasteiger partial charge in [-0.3, -0.25) is 14.4 Å². The van der Waals surface area contributed by atoms with E-state index in [0.29, 0.717) is 31.8 Å². The number of thiophene rings is 1. The summed E-state index contributed by atoms with van der Waals surface area (Å²) in [6.45, 7) is 5.43. The summed E-state index contributed by atoms with van der Waals surface area (Å²) < 4.78 is 0. The maximum Gasteiger partial charge on any atom is 0.246 e. The number of carbonyl (C=O) groups excluding carboxylic acids is 3. The van der Waals surface area contributed by atoms with Crippen LogP contribution >= 0.6 is 11.3 Å². The van der Waals surface area contributed by atoms with E-state index in [9.17, 15) is 14.4 Å². The summed E-state index contributed by atoms with van der Waals surface area (Å²) in [5, 5.41) is 5.10. The van der Waals surface area contributed by atoms with Gasteiger partial charge in [-0.15, -0.1) is 11.3 Å². The van der Waals surface area contributed by atoms with E-state index in [2.05, 4.69) is 29.4 Å². The zero-order valence-corrected chi connectivity index (χ0v) is 29.3. The smallest absolute Gasteiger partial charge is 0.246 e. The van der Waals surface area contributed by atoms with Crippen LogP contribution < -0.4 is 11.1 Å². The van der Waals surface area contributed by atoms with E-state index in [0.717, 1.165) is 41.0 Å². The Kier molecular flexibility index (Phi) is 12.9. The molecule has 0 bridgehead atoms. The lowest BCUT2D eigenvalue weighted by atomic mass is 9.98. The highest BCUT2D eigenvalue weighted by molar-refractivity contribution is 7.09. The number of hydrogen-bond acceptors (Lipinski definition) is 6. The number of nitrogens with one attached hydrogen (secondary N) is 1. The number of nitrogens with zero attached hydrogens (tertiary/aromatic N) is 3. The van der Waals surface area contributed by atoms with E-state index in [1.165, 1.54) is 22.3 Å². The van der Waals surface area contributed by atoms with Crippen molar-refractivity contribution in [3.63, 3.8) is 0 Å². The summed E-state index contributed by atoms with van der Waals surface area (Å²) in [6, 6.07) is 21.1. The molecule has 2 heterocycles. The molecule has 1 aliphatic heterocycles. The first kappa shape index (κ1) is 36.1. The van der Waals surface area contributed by atoms with Gasteiger partial charge in [0.15, 0.2) is 0 Å². The van der Waals surface area contributed by atoms with Gasteiger partial charge in [-0.2, -0.15) is 0 Å². The predicted molar refractivity (Wildman–Crippen MR) is 192 cm³/mol. The molecule has 3 amide bonds. The molecule has 0 aliphatic carbocycles. The van der Waals surface area contributed by atoms with Gasteiger partial charge in [-0.05, 0) is 87.3 Å². The maximum atomic E-state index is 14.4. The molecule has 0 spiro atoms. The first-order valence-electron chi connectivity index (χ1n) is 16.6. The van der Waals surface area contributed by atoms with Crippen molar-refractivity contribution in [3.05, 3.63) is 94.7 Å². The lowest BCUT2D eigenvalue weighted by Gasteiger charge is -2.34. The Bertz CT molecular complexity index is 1470. The molecule has 2 aromatic carbocycles. The molecule has 47 heavy (non-hydrogen) atoms. The number of likely N-dealkylation sites (N-methyl/N-ethyl adjacent to an activating group) is 2. The van der Waals surface area contributed by atoms with Crippen molar-refractivity contribution in [2.24, 2.45) is 5.73 Å². The number of likely N-dealkylation sites (tertiary alicyclic amines) is 1.